The van der Waals surface area contributed by atoms with Gasteiger partial charge in [0.2, 0.25) is 5.62 Å². The molecule has 43 heavy (non-hydrogen) atoms. The number of alkyl halides is 3. The molecule has 4 heterocycles. The summed E-state index contributed by atoms with van der Waals surface area (Å²) in [7, 11) is 0. The van der Waals surface area contributed by atoms with Gasteiger partial charge < -0.3 is 14.2 Å². The number of anilines is 1. The molecule has 234 valence electrons. The van der Waals surface area contributed by atoms with Crippen LogP contribution in [0.1, 0.15) is 70.0 Å². The Morgan fingerprint density at radius 3 is 2.44 bits per heavy atom. The molecule has 2 fully saturated rings. The molecule has 0 bridgehead atoms. The maximum atomic E-state index is 13.0. The second-order valence-corrected chi connectivity index (χ2v) is 12.3. The molecule has 1 aromatic carbocycles. The Labute approximate surface area is 250 Å². The van der Waals surface area contributed by atoms with Crippen molar-refractivity contribution in [2.75, 3.05) is 24.6 Å². The van der Waals surface area contributed by atoms with E-state index in [1.54, 1.807) is 12.1 Å². The number of benzene rings is 1. The quantitative estimate of drug-likeness (QED) is 0.252. The maximum absolute atomic E-state index is 13.0. The standard InChI is InChI=1S/C31H43F3N8O/c1-6-24-16-39(20(4)15-41(24)27(19(2)3)23-11-9-22(10-12-23)14-31(32,33)34)28-26-29(42(18-35)30(36)38-28)40(21(5)37-26)17-25-8-7-13-43-25/h9-12,18-20,24-25,27,35-36H,6-8,13-17H2,1-5H3/t20-,24+,25-,27-/m0/s1. The summed E-state index contributed by atoms with van der Waals surface area (Å²) in [5.74, 6) is 1.68. The van der Waals surface area contributed by atoms with E-state index in [0.29, 0.717) is 30.1 Å². The molecule has 2 N–H and O–H groups in total. The third-order valence-electron chi connectivity index (χ3n) is 8.89. The van der Waals surface area contributed by atoms with Crippen LogP contribution in [-0.4, -0.2) is 74.4 Å². The summed E-state index contributed by atoms with van der Waals surface area (Å²) in [6, 6.07) is 7.13. The van der Waals surface area contributed by atoms with Gasteiger partial charge in [-0.1, -0.05) is 45.0 Å². The molecule has 0 radical (unpaired) electrons. The van der Waals surface area contributed by atoms with Crippen molar-refractivity contribution in [1.29, 1.82) is 10.8 Å². The SMILES string of the molecule is CC[C@@H]1CN(c2nc(=N)n(C=N)c3c2nc(C)n3C[C@@H]2CCCO2)[C@@H](C)CN1[C@H](c1ccc(CC(F)(F)F)cc1)C(C)C. The van der Waals surface area contributed by atoms with Crippen molar-refractivity contribution >= 4 is 23.3 Å². The van der Waals surface area contributed by atoms with Crippen LogP contribution in [0, 0.1) is 23.7 Å². The molecule has 0 spiro atoms. The number of halogens is 3. The molecule has 0 unspecified atom stereocenters. The van der Waals surface area contributed by atoms with Crippen LogP contribution in [0.2, 0.25) is 0 Å². The predicted molar refractivity (Wildman–Crippen MR) is 161 cm³/mol. The van der Waals surface area contributed by atoms with Crippen LogP contribution >= 0.6 is 0 Å². The van der Waals surface area contributed by atoms with Crippen molar-refractivity contribution in [3.63, 3.8) is 0 Å². The number of imidazole rings is 1. The van der Waals surface area contributed by atoms with Crippen LogP contribution in [-0.2, 0) is 17.7 Å². The number of nitrogens with one attached hydrogen (secondary N) is 2. The van der Waals surface area contributed by atoms with Gasteiger partial charge in [0.05, 0.1) is 25.4 Å². The number of hydrogen-bond donors (Lipinski definition) is 2. The van der Waals surface area contributed by atoms with Crippen molar-refractivity contribution in [2.24, 2.45) is 5.92 Å². The fourth-order valence-electron chi connectivity index (χ4n) is 6.88. The van der Waals surface area contributed by atoms with Gasteiger partial charge in [-0.3, -0.25) is 20.3 Å². The Hall–Kier alpha value is -3.25. The van der Waals surface area contributed by atoms with Gasteiger partial charge in [0.1, 0.15) is 11.3 Å². The Morgan fingerprint density at radius 2 is 1.86 bits per heavy atom. The molecule has 0 amide bonds. The van der Waals surface area contributed by atoms with E-state index in [-0.39, 0.29) is 41.3 Å². The normalized spacial score (nSPS) is 22.5. The highest BCUT2D eigenvalue weighted by Crippen LogP contribution is 2.37. The number of fused-ring (bicyclic) bond motifs is 1. The molecular weight excluding hydrogens is 557 g/mol. The summed E-state index contributed by atoms with van der Waals surface area (Å²) in [6.07, 6.45) is -1.10. The first-order valence-electron chi connectivity index (χ1n) is 15.3. The van der Waals surface area contributed by atoms with Crippen molar-refractivity contribution < 1.29 is 17.9 Å². The molecular formula is C31H43F3N8O. The average molecular weight is 601 g/mol. The summed E-state index contributed by atoms with van der Waals surface area (Å²) in [5, 5.41) is 16.8. The Balaban J connectivity index is 1.48. The van der Waals surface area contributed by atoms with E-state index in [9.17, 15) is 13.2 Å². The molecule has 4 atom stereocenters. The van der Waals surface area contributed by atoms with E-state index in [1.165, 1.54) is 4.57 Å². The van der Waals surface area contributed by atoms with E-state index in [4.69, 9.17) is 25.5 Å². The number of hydrogen-bond acceptors (Lipinski definition) is 7. The lowest BCUT2D eigenvalue weighted by molar-refractivity contribution is -0.127. The second-order valence-electron chi connectivity index (χ2n) is 12.3. The zero-order valence-corrected chi connectivity index (χ0v) is 25.7. The summed E-state index contributed by atoms with van der Waals surface area (Å²) in [5.41, 5.74) is 2.62. The minimum absolute atomic E-state index is 0.0207. The first kappa shape index (κ1) is 31.2. The molecule has 0 aliphatic carbocycles. The molecule has 2 aliphatic heterocycles. The molecule has 5 rings (SSSR count). The van der Waals surface area contributed by atoms with Crippen LogP contribution in [0.15, 0.2) is 24.3 Å². The van der Waals surface area contributed by atoms with Gasteiger partial charge in [-0.15, -0.1) is 0 Å². The smallest absolute Gasteiger partial charge is 0.376 e. The van der Waals surface area contributed by atoms with Crippen LogP contribution in [0.3, 0.4) is 0 Å². The second kappa shape index (κ2) is 12.4. The van der Waals surface area contributed by atoms with E-state index >= 15 is 0 Å². The predicted octanol–water partition coefficient (Wildman–Crippen LogP) is 5.45. The summed E-state index contributed by atoms with van der Waals surface area (Å²) in [6.45, 7) is 13.3. The Bertz CT molecular complexity index is 1490. The van der Waals surface area contributed by atoms with Gasteiger partial charge in [0, 0.05) is 37.8 Å². The first-order valence-corrected chi connectivity index (χ1v) is 15.3. The van der Waals surface area contributed by atoms with Gasteiger partial charge in [-0.25, -0.2) is 4.98 Å². The fourth-order valence-corrected chi connectivity index (χ4v) is 6.88. The highest BCUT2D eigenvalue weighted by atomic mass is 19.4. The number of ether oxygens (including phenoxy) is 1. The van der Waals surface area contributed by atoms with Crippen LogP contribution in [0.4, 0.5) is 19.0 Å². The highest BCUT2D eigenvalue weighted by molar-refractivity contribution is 5.88. The summed E-state index contributed by atoms with van der Waals surface area (Å²) in [4.78, 5) is 14.4. The van der Waals surface area contributed by atoms with Crippen molar-refractivity contribution in [1.82, 2.24) is 24.0 Å². The van der Waals surface area contributed by atoms with Gasteiger partial charge >= 0.3 is 6.18 Å². The van der Waals surface area contributed by atoms with Crippen LogP contribution < -0.4 is 10.5 Å². The molecule has 2 aromatic heterocycles. The summed E-state index contributed by atoms with van der Waals surface area (Å²) >= 11 is 0. The van der Waals surface area contributed by atoms with E-state index in [1.807, 2.05) is 19.1 Å². The minimum atomic E-state index is -4.23. The van der Waals surface area contributed by atoms with E-state index in [0.717, 1.165) is 50.1 Å². The number of nitrogens with zero attached hydrogens (tertiary/aromatic N) is 6. The van der Waals surface area contributed by atoms with Crippen molar-refractivity contribution in [3.8, 4) is 0 Å². The largest absolute Gasteiger partial charge is 0.393 e. The zero-order chi connectivity index (χ0) is 31.1. The molecule has 0 saturated carbocycles. The topological polar surface area (TPSA) is 99.1 Å². The lowest BCUT2D eigenvalue weighted by atomic mass is 9.89. The van der Waals surface area contributed by atoms with Gasteiger partial charge in [-0.2, -0.15) is 18.2 Å². The first-order chi connectivity index (χ1) is 20.4. The monoisotopic (exact) mass is 600 g/mol. The van der Waals surface area contributed by atoms with Gasteiger partial charge in [0.25, 0.3) is 0 Å². The molecule has 12 heteroatoms. The number of piperazine rings is 1. The van der Waals surface area contributed by atoms with Crippen LogP contribution in [0.25, 0.3) is 11.2 Å². The Kier molecular flexibility index (Phi) is 8.99. The third kappa shape index (κ3) is 6.35. The van der Waals surface area contributed by atoms with E-state index in [2.05, 4.69) is 42.1 Å². The summed E-state index contributed by atoms with van der Waals surface area (Å²) < 4.78 is 48.3. The molecule has 2 aliphatic rings. The van der Waals surface area contributed by atoms with Crippen LogP contribution in [0.5, 0.6) is 0 Å². The number of rotatable bonds is 9. The van der Waals surface area contributed by atoms with E-state index < -0.39 is 12.6 Å². The Morgan fingerprint density at radius 1 is 1.14 bits per heavy atom. The third-order valence-corrected chi connectivity index (χ3v) is 8.89. The van der Waals surface area contributed by atoms with Gasteiger partial charge in [0.15, 0.2) is 11.5 Å². The zero-order valence-electron chi connectivity index (χ0n) is 25.7. The molecule has 2 saturated heterocycles. The minimum Gasteiger partial charge on any atom is -0.376 e. The average Bonchev–Trinajstić information content (AvgIpc) is 3.57. The van der Waals surface area contributed by atoms with Crippen molar-refractivity contribution in [3.05, 3.63) is 46.8 Å². The fraction of sp³-hybridized carbons (Fsp3) is 0.613. The number of aryl methyl sites for hydroxylation is 1. The maximum Gasteiger partial charge on any atom is 0.393 e. The lowest BCUT2D eigenvalue weighted by Crippen LogP contribution is -2.59. The van der Waals surface area contributed by atoms with Crippen molar-refractivity contribution in [2.45, 2.75) is 97.3 Å². The van der Waals surface area contributed by atoms with Gasteiger partial charge in [-0.05, 0) is 50.2 Å². The molecule has 9 nitrogen and oxygen atoms in total. The molecule has 3 aromatic rings. The highest BCUT2D eigenvalue weighted by Gasteiger charge is 2.38. The lowest BCUT2D eigenvalue weighted by Gasteiger charge is -2.50. The number of aromatic nitrogens is 4.